The van der Waals surface area contributed by atoms with E-state index in [0.717, 1.165) is 0 Å². The van der Waals surface area contributed by atoms with E-state index in [4.69, 9.17) is 5.11 Å². The first-order valence-corrected chi connectivity index (χ1v) is 6.07. The van der Waals surface area contributed by atoms with Gasteiger partial charge in [0.05, 0.1) is 0 Å². The lowest BCUT2D eigenvalue weighted by Gasteiger charge is -2.11. The van der Waals surface area contributed by atoms with Crippen molar-refractivity contribution in [2.45, 2.75) is 25.8 Å². The smallest absolute Gasteiger partial charge is 0.270 e. The van der Waals surface area contributed by atoms with Crippen molar-refractivity contribution in [1.29, 1.82) is 0 Å². The van der Waals surface area contributed by atoms with Gasteiger partial charge in [-0.1, -0.05) is 11.8 Å². The normalized spacial score (nSPS) is 15.4. The molecule has 1 fully saturated rings. The van der Waals surface area contributed by atoms with Gasteiger partial charge in [-0.05, 0) is 37.8 Å². The molecule has 2 rings (SSSR count). The largest absolute Gasteiger partial charge is 0.384 e. The summed E-state index contributed by atoms with van der Waals surface area (Å²) in [5.74, 6) is 5.75. The lowest BCUT2D eigenvalue weighted by atomic mass is 10.2. The molecule has 0 saturated heterocycles. The Morgan fingerprint density at radius 3 is 2.94 bits per heavy atom. The van der Waals surface area contributed by atoms with Gasteiger partial charge in [-0.25, -0.2) is 4.98 Å². The summed E-state index contributed by atoms with van der Waals surface area (Å²) in [6, 6.07) is 3.59. The van der Waals surface area contributed by atoms with Gasteiger partial charge in [-0.3, -0.25) is 4.79 Å². The van der Waals surface area contributed by atoms with Crippen molar-refractivity contribution in [3.8, 4) is 11.8 Å². The van der Waals surface area contributed by atoms with Crippen LogP contribution in [0.4, 0.5) is 0 Å². The SMILES string of the molecule is CC(NC(=O)c1ccc(C#CCO)cn1)C1CC1. The molecule has 1 saturated carbocycles. The van der Waals surface area contributed by atoms with Gasteiger partial charge in [-0.2, -0.15) is 0 Å². The minimum atomic E-state index is -0.179. The van der Waals surface area contributed by atoms with Crippen LogP contribution in [0, 0.1) is 17.8 Å². The van der Waals surface area contributed by atoms with E-state index in [1.54, 1.807) is 18.3 Å². The van der Waals surface area contributed by atoms with Crippen LogP contribution in [-0.2, 0) is 0 Å². The highest BCUT2D eigenvalue weighted by Crippen LogP contribution is 2.32. The number of carbonyl (C=O) groups is 1. The van der Waals surface area contributed by atoms with Crippen LogP contribution in [0.5, 0.6) is 0 Å². The summed E-state index contributed by atoms with van der Waals surface area (Å²) in [6.45, 7) is 1.85. The Labute approximate surface area is 106 Å². The number of nitrogens with one attached hydrogen (secondary N) is 1. The van der Waals surface area contributed by atoms with Gasteiger partial charge in [0, 0.05) is 17.8 Å². The van der Waals surface area contributed by atoms with Crippen LogP contribution >= 0.6 is 0 Å². The molecule has 94 valence electrons. The summed E-state index contributed by atoms with van der Waals surface area (Å²) in [5.41, 5.74) is 1.09. The van der Waals surface area contributed by atoms with E-state index in [0.29, 0.717) is 17.2 Å². The Kier molecular flexibility index (Phi) is 3.96. The van der Waals surface area contributed by atoms with E-state index in [1.807, 2.05) is 6.92 Å². The van der Waals surface area contributed by atoms with Crippen molar-refractivity contribution < 1.29 is 9.90 Å². The number of aliphatic hydroxyl groups is 1. The summed E-state index contributed by atoms with van der Waals surface area (Å²) in [7, 11) is 0. The van der Waals surface area contributed by atoms with Crippen LogP contribution in [-0.4, -0.2) is 28.6 Å². The molecule has 4 nitrogen and oxygen atoms in total. The summed E-state index contributed by atoms with van der Waals surface area (Å²) in [4.78, 5) is 15.9. The monoisotopic (exact) mass is 244 g/mol. The first-order chi connectivity index (χ1) is 8.70. The predicted molar refractivity (Wildman–Crippen MR) is 67.9 cm³/mol. The molecular formula is C14H16N2O2. The molecule has 0 aliphatic heterocycles. The number of aliphatic hydroxyl groups excluding tert-OH is 1. The van der Waals surface area contributed by atoms with E-state index < -0.39 is 0 Å². The standard InChI is InChI=1S/C14H16N2O2/c1-10(12-5-6-12)16-14(18)13-7-4-11(9-15-13)3-2-8-17/h4,7,9-10,12,17H,5-6,8H2,1H3,(H,16,18). The quantitative estimate of drug-likeness (QED) is 0.778. The minimum Gasteiger partial charge on any atom is -0.384 e. The molecule has 1 atom stereocenters. The second-order valence-corrected chi connectivity index (χ2v) is 4.49. The van der Waals surface area contributed by atoms with Crippen molar-refractivity contribution >= 4 is 5.91 Å². The maximum Gasteiger partial charge on any atom is 0.270 e. The average molecular weight is 244 g/mol. The highest BCUT2D eigenvalue weighted by atomic mass is 16.2. The molecule has 1 aromatic rings. The number of hydrogen-bond acceptors (Lipinski definition) is 3. The van der Waals surface area contributed by atoms with Crippen LogP contribution in [0.2, 0.25) is 0 Å². The van der Waals surface area contributed by atoms with E-state index >= 15 is 0 Å². The van der Waals surface area contributed by atoms with Crippen molar-refractivity contribution in [1.82, 2.24) is 10.3 Å². The van der Waals surface area contributed by atoms with E-state index in [-0.39, 0.29) is 18.6 Å². The molecule has 1 aliphatic carbocycles. The number of amides is 1. The number of rotatable bonds is 3. The molecule has 4 heteroatoms. The molecule has 1 aliphatic rings. The number of hydrogen-bond donors (Lipinski definition) is 2. The first-order valence-electron chi connectivity index (χ1n) is 6.07. The van der Waals surface area contributed by atoms with Gasteiger partial charge in [0.25, 0.3) is 5.91 Å². The van der Waals surface area contributed by atoms with Crippen LogP contribution in [0.15, 0.2) is 18.3 Å². The van der Waals surface area contributed by atoms with Crippen molar-refractivity contribution in [2.24, 2.45) is 5.92 Å². The zero-order chi connectivity index (χ0) is 13.0. The average Bonchev–Trinajstić information content (AvgIpc) is 3.21. The third kappa shape index (κ3) is 3.31. The van der Waals surface area contributed by atoms with Crippen molar-refractivity contribution in [2.75, 3.05) is 6.61 Å². The number of pyridine rings is 1. The number of nitrogens with zero attached hydrogens (tertiary/aromatic N) is 1. The van der Waals surface area contributed by atoms with Crippen LogP contribution < -0.4 is 5.32 Å². The second kappa shape index (κ2) is 5.65. The Morgan fingerprint density at radius 1 is 1.61 bits per heavy atom. The predicted octanol–water partition coefficient (Wildman–Crippen LogP) is 0.954. The summed E-state index contributed by atoms with van der Waals surface area (Å²) in [5, 5.41) is 11.5. The van der Waals surface area contributed by atoms with Crippen molar-refractivity contribution in [3.05, 3.63) is 29.6 Å². The molecule has 1 amide bonds. The fourth-order valence-electron chi connectivity index (χ4n) is 1.74. The zero-order valence-corrected chi connectivity index (χ0v) is 10.3. The molecule has 0 bridgehead atoms. The summed E-state index contributed by atoms with van der Waals surface area (Å²) in [6.07, 6.45) is 3.94. The molecule has 18 heavy (non-hydrogen) atoms. The fraction of sp³-hybridized carbons (Fsp3) is 0.429. The molecule has 1 aromatic heterocycles. The highest BCUT2D eigenvalue weighted by Gasteiger charge is 2.29. The maximum atomic E-state index is 11.9. The first kappa shape index (κ1) is 12.6. The zero-order valence-electron chi connectivity index (χ0n) is 10.3. The Bertz CT molecular complexity index is 481. The Morgan fingerprint density at radius 2 is 2.39 bits per heavy atom. The van der Waals surface area contributed by atoms with Gasteiger partial charge in [0.2, 0.25) is 0 Å². The van der Waals surface area contributed by atoms with Crippen molar-refractivity contribution in [3.63, 3.8) is 0 Å². The Hall–Kier alpha value is -1.86. The lowest BCUT2D eigenvalue weighted by Crippen LogP contribution is -2.34. The molecule has 2 N–H and O–H groups in total. The van der Waals surface area contributed by atoms with Gasteiger partial charge >= 0.3 is 0 Å². The molecule has 1 heterocycles. The van der Waals surface area contributed by atoms with E-state index in [1.165, 1.54) is 12.8 Å². The third-order valence-corrected chi connectivity index (χ3v) is 3.00. The second-order valence-electron chi connectivity index (χ2n) is 4.49. The van der Waals surface area contributed by atoms with Crippen LogP contribution in [0.1, 0.15) is 35.8 Å². The summed E-state index contributed by atoms with van der Waals surface area (Å²) < 4.78 is 0. The number of carbonyl (C=O) groups excluding carboxylic acids is 1. The van der Waals surface area contributed by atoms with Gasteiger partial charge in [0.1, 0.15) is 12.3 Å². The lowest BCUT2D eigenvalue weighted by molar-refractivity contribution is 0.0931. The molecule has 0 radical (unpaired) electrons. The topological polar surface area (TPSA) is 62.2 Å². The van der Waals surface area contributed by atoms with E-state index in [2.05, 4.69) is 22.1 Å². The van der Waals surface area contributed by atoms with Gasteiger partial charge in [-0.15, -0.1) is 0 Å². The minimum absolute atomic E-state index is 0.143. The Balaban J connectivity index is 1.97. The fourth-order valence-corrected chi connectivity index (χ4v) is 1.74. The molecule has 1 unspecified atom stereocenters. The van der Waals surface area contributed by atoms with Crippen LogP contribution in [0.3, 0.4) is 0 Å². The van der Waals surface area contributed by atoms with Gasteiger partial charge < -0.3 is 10.4 Å². The van der Waals surface area contributed by atoms with Crippen LogP contribution in [0.25, 0.3) is 0 Å². The highest BCUT2D eigenvalue weighted by molar-refractivity contribution is 5.92. The third-order valence-electron chi connectivity index (χ3n) is 3.00. The molecule has 0 aromatic carbocycles. The summed E-state index contributed by atoms with van der Waals surface area (Å²) >= 11 is 0. The molecular weight excluding hydrogens is 228 g/mol. The van der Waals surface area contributed by atoms with E-state index in [9.17, 15) is 4.79 Å². The van der Waals surface area contributed by atoms with Gasteiger partial charge in [0.15, 0.2) is 0 Å². The number of aromatic nitrogens is 1. The maximum absolute atomic E-state index is 11.9. The molecule has 0 spiro atoms.